The minimum atomic E-state index is -0.445. The van der Waals surface area contributed by atoms with Crippen LogP contribution in [0, 0.1) is 10.1 Å². The Hall–Kier alpha value is -4.17. The van der Waals surface area contributed by atoms with Gasteiger partial charge in [0.15, 0.2) is 5.17 Å². The number of carbonyl (C=O) groups is 1. The summed E-state index contributed by atoms with van der Waals surface area (Å²) < 4.78 is 0. The van der Waals surface area contributed by atoms with Gasteiger partial charge in [0, 0.05) is 35.8 Å². The molecule has 1 saturated heterocycles. The maximum Gasteiger partial charge on any atom is 0.269 e. The van der Waals surface area contributed by atoms with Crippen molar-refractivity contribution in [2.24, 2.45) is 4.99 Å². The molecule has 7 nitrogen and oxygen atoms in total. The van der Waals surface area contributed by atoms with Crippen molar-refractivity contribution in [1.82, 2.24) is 9.88 Å². The van der Waals surface area contributed by atoms with Gasteiger partial charge in [-0.2, -0.15) is 0 Å². The number of aliphatic imine (C=N–C) groups is 1. The highest BCUT2D eigenvalue weighted by atomic mass is 32.2. The van der Waals surface area contributed by atoms with Crippen LogP contribution in [0.4, 0.5) is 11.4 Å². The fraction of sp³-hybridized carbons (Fsp3) is 0.0769. The molecule has 1 amide bonds. The number of para-hydroxylation sites is 1. The van der Waals surface area contributed by atoms with Crippen molar-refractivity contribution in [3.63, 3.8) is 0 Å². The molecule has 0 saturated carbocycles. The van der Waals surface area contributed by atoms with Crippen molar-refractivity contribution in [2.45, 2.75) is 6.42 Å². The molecule has 0 unspecified atom stereocenters. The number of amides is 1. The molecule has 3 aromatic carbocycles. The molecule has 1 fully saturated rings. The lowest BCUT2D eigenvalue weighted by Crippen LogP contribution is -2.31. The first-order chi connectivity index (χ1) is 16.6. The number of aromatic amines is 1. The highest BCUT2D eigenvalue weighted by Gasteiger charge is 2.33. The molecule has 0 bridgehead atoms. The summed E-state index contributed by atoms with van der Waals surface area (Å²) in [5, 5.41) is 12.7. The van der Waals surface area contributed by atoms with Gasteiger partial charge in [0.2, 0.25) is 0 Å². The summed E-state index contributed by atoms with van der Waals surface area (Å²) in [4.78, 5) is 34.1. The van der Waals surface area contributed by atoms with Crippen molar-refractivity contribution in [1.29, 1.82) is 0 Å². The van der Waals surface area contributed by atoms with Gasteiger partial charge in [-0.3, -0.25) is 19.8 Å². The third-order valence-electron chi connectivity index (χ3n) is 5.55. The number of amidine groups is 1. The molecule has 8 heteroatoms. The lowest BCUT2D eigenvalue weighted by Gasteiger charge is -2.15. The third kappa shape index (κ3) is 4.49. The summed E-state index contributed by atoms with van der Waals surface area (Å²) in [7, 11) is 0. The SMILES string of the molecule is O=C1/C(=C/c2ccccc2)SC(=Nc2ccc([N+](=O)[O-])cc2)N1CCc1c[nH]c2ccccc12. The average Bonchev–Trinajstić information content (AvgIpc) is 3.39. The fourth-order valence-corrected chi connectivity index (χ4v) is 4.84. The van der Waals surface area contributed by atoms with Crippen molar-refractivity contribution in [3.05, 3.63) is 111 Å². The first-order valence-electron chi connectivity index (χ1n) is 10.7. The van der Waals surface area contributed by atoms with Crippen LogP contribution in [-0.4, -0.2) is 32.4 Å². The van der Waals surface area contributed by atoms with Crippen LogP contribution in [-0.2, 0) is 11.2 Å². The highest BCUT2D eigenvalue weighted by molar-refractivity contribution is 8.18. The Labute approximate surface area is 200 Å². The second kappa shape index (κ2) is 9.36. The summed E-state index contributed by atoms with van der Waals surface area (Å²) in [5.41, 5.74) is 3.68. The van der Waals surface area contributed by atoms with Crippen LogP contribution in [0.15, 0.2) is 95.0 Å². The number of aromatic nitrogens is 1. The van der Waals surface area contributed by atoms with Crippen molar-refractivity contribution < 1.29 is 9.72 Å². The summed E-state index contributed by atoms with van der Waals surface area (Å²) in [6.07, 6.45) is 4.50. The predicted molar refractivity (Wildman–Crippen MR) is 136 cm³/mol. The van der Waals surface area contributed by atoms with Crippen LogP contribution in [0.5, 0.6) is 0 Å². The largest absolute Gasteiger partial charge is 0.361 e. The van der Waals surface area contributed by atoms with E-state index in [0.717, 1.165) is 22.0 Å². The van der Waals surface area contributed by atoms with E-state index in [1.807, 2.05) is 60.8 Å². The van der Waals surface area contributed by atoms with Crippen molar-refractivity contribution >= 4 is 51.2 Å². The summed E-state index contributed by atoms with van der Waals surface area (Å²) in [6, 6.07) is 23.8. The molecular formula is C26H20N4O3S. The number of hydrogen-bond acceptors (Lipinski definition) is 5. The third-order valence-corrected chi connectivity index (χ3v) is 6.56. The zero-order chi connectivity index (χ0) is 23.5. The molecule has 168 valence electrons. The van der Waals surface area contributed by atoms with Crippen LogP contribution in [0.25, 0.3) is 17.0 Å². The van der Waals surface area contributed by atoms with E-state index in [4.69, 9.17) is 0 Å². The molecule has 2 heterocycles. The lowest BCUT2D eigenvalue weighted by atomic mass is 10.1. The summed E-state index contributed by atoms with van der Waals surface area (Å²) in [5.74, 6) is -0.102. The Morgan fingerprint density at radius 1 is 1.00 bits per heavy atom. The number of benzene rings is 3. The van der Waals surface area contributed by atoms with Gasteiger partial charge in [-0.25, -0.2) is 4.99 Å². The zero-order valence-electron chi connectivity index (χ0n) is 18.0. The number of hydrogen-bond donors (Lipinski definition) is 1. The second-order valence-electron chi connectivity index (χ2n) is 7.76. The number of nitrogens with zero attached hydrogens (tertiary/aromatic N) is 3. The smallest absolute Gasteiger partial charge is 0.269 e. The van der Waals surface area contributed by atoms with Crippen LogP contribution in [0.1, 0.15) is 11.1 Å². The van der Waals surface area contributed by atoms with Gasteiger partial charge in [0.25, 0.3) is 11.6 Å². The van der Waals surface area contributed by atoms with E-state index in [0.29, 0.717) is 28.7 Å². The number of nitrogens with one attached hydrogen (secondary N) is 1. The van der Waals surface area contributed by atoms with Gasteiger partial charge in [-0.15, -0.1) is 0 Å². The van der Waals surface area contributed by atoms with E-state index in [1.165, 1.54) is 23.9 Å². The topological polar surface area (TPSA) is 91.6 Å². The van der Waals surface area contributed by atoms with E-state index in [9.17, 15) is 14.9 Å². The molecule has 5 rings (SSSR count). The van der Waals surface area contributed by atoms with E-state index >= 15 is 0 Å². The molecule has 0 atom stereocenters. The van der Waals surface area contributed by atoms with E-state index in [1.54, 1.807) is 17.0 Å². The summed E-state index contributed by atoms with van der Waals surface area (Å²) >= 11 is 1.31. The van der Waals surface area contributed by atoms with Crippen LogP contribution >= 0.6 is 11.8 Å². The number of non-ortho nitro benzene ring substituents is 1. The Morgan fingerprint density at radius 3 is 2.50 bits per heavy atom. The fourth-order valence-electron chi connectivity index (χ4n) is 3.82. The van der Waals surface area contributed by atoms with Gasteiger partial charge in [0.1, 0.15) is 0 Å². The number of fused-ring (bicyclic) bond motifs is 1. The number of nitro groups is 1. The molecule has 4 aromatic rings. The molecule has 0 spiro atoms. The molecule has 1 aliphatic rings. The van der Waals surface area contributed by atoms with Crippen LogP contribution in [0.3, 0.4) is 0 Å². The quantitative estimate of drug-likeness (QED) is 0.216. The molecule has 0 radical (unpaired) electrons. The van der Waals surface area contributed by atoms with E-state index in [-0.39, 0.29) is 11.6 Å². The lowest BCUT2D eigenvalue weighted by molar-refractivity contribution is -0.384. The monoisotopic (exact) mass is 468 g/mol. The maximum atomic E-state index is 13.3. The summed E-state index contributed by atoms with van der Waals surface area (Å²) in [6.45, 7) is 0.464. The van der Waals surface area contributed by atoms with E-state index in [2.05, 4.69) is 16.0 Å². The second-order valence-corrected chi connectivity index (χ2v) is 8.76. The van der Waals surface area contributed by atoms with Gasteiger partial charge >= 0.3 is 0 Å². The normalized spacial score (nSPS) is 16.1. The predicted octanol–water partition coefficient (Wildman–Crippen LogP) is 5.92. The van der Waals surface area contributed by atoms with Gasteiger partial charge in [-0.1, -0.05) is 48.5 Å². The number of H-pyrrole nitrogens is 1. The molecule has 1 aromatic heterocycles. The number of carbonyl (C=O) groups excluding carboxylic acids is 1. The van der Waals surface area contributed by atoms with Gasteiger partial charge in [0.05, 0.1) is 15.5 Å². The number of nitro benzene ring substituents is 1. The first-order valence-corrected chi connectivity index (χ1v) is 11.5. The van der Waals surface area contributed by atoms with Crippen molar-refractivity contribution in [3.8, 4) is 0 Å². The zero-order valence-corrected chi connectivity index (χ0v) is 18.9. The Morgan fingerprint density at radius 2 is 1.74 bits per heavy atom. The maximum absolute atomic E-state index is 13.3. The Kier molecular flexibility index (Phi) is 5.97. The molecule has 34 heavy (non-hydrogen) atoms. The van der Waals surface area contributed by atoms with Crippen LogP contribution < -0.4 is 0 Å². The number of rotatable bonds is 6. The molecular weight excluding hydrogens is 448 g/mol. The average molecular weight is 469 g/mol. The minimum absolute atomic E-state index is 0.0000409. The Bertz CT molecular complexity index is 1430. The molecule has 1 aliphatic heterocycles. The van der Waals surface area contributed by atoms with E-state index < -0.39 is 4.92 Å². The molecule has 1 N–H and O–H groups in total. The number of thioether (sulfide) groups is 1. The van der Waals surface area contributed by atoms with Crippen LogP contribution in [0.2, 0.25) is 0 Å². The van der Waals surface area contributed by atoms with Gasteiger partial charge in [-0.05, 0) is 53.6 Å². The minimum Gasteiger partial charge on any atom is -0.361 e. The Balaban J connectivity index is 1.45. The first kappa shape index (κ1) is 21.7. The highest BCUT2D eigenvalue weighted by Crippen LogP contribution is 2.35. The van der Waals surface area contributed by atoms with Gasteiger partial charge < -0.3 is 4.98 Å². The molecule has 0 aliphatic carbocycles. The van der Waals surface area contributed by atoms with Crippen molar-refractivity contribution in [2.75, 3.05) is 6.54 Å². The standard InChI is InChI=1S/C26H20N4O3S/c31-25-24(16-18-6-2-1-3-7-18)34-26(28-20-10-12-21(13-11-20)30(32)33)29(25)15-14-19-17-27-23-9-5-4-8-22(19)23/h1-13,16-17,27H,14-15H2/b24-16-,28-26?.